The Morgan fingerprint density at radius 2 is 1.66 bits per heavy atom. The Morgan fingerprint density at radius 3 is 2.38 bits per heavy atom. The SMILES string of the molecule is Cc1ccc(Cn2ncc3c(C(=O)N4CCN(c5ccccc5)CC4)cc(C)nc32)cc1. The Hall–Kier alpha value is -3.67. The number of benzene rings is 2. The number of pyridine rings is 1. The number of piperazine rings is 1. The van der Waals surface area contributed by atoms with E-state index in [4.69, 9.17) is 4.98 Å². The zero-order valence-corrected chi connectivity index (χ0v) is 18.5. The monoisotopic (exact) mass is 425 g/mol. The van der Waals surface area contributed by atoms with Crippen molar-refractivity contribution in [3.8, 4) is 0 Å². The lowest BCUT2D eigenvalue weighted by molar-refractivity contribution is 0.0748. The van der Waals surface area contributed by atoms with E-state index >= 15 is 0 Å². The summed E-state index contributed by atoms with van der Waals surface area (Å²) >= 11 is 0. The third kappa shape index (κ3) is 3.96. The van der Waals surface area contributed by atoms with E-state index in [1.165, 1.54) is 11.3 Å². The van der Waals surface area contributed by atoms with Crippen LogP contribution in [0.4, 0.5) is 5.69 Å². The summed E-state index contributed by atoms with van der Waals surface area (Å²) in [4.78, 5) is 22.4. The van der Waals surface area contributed by atoms with Gasteiger partial charge in [0.1, 0.15) is 0 Å². The van der Waals surface area contributed by atoms with Crippen molar-refractivity contribution in [1.29, 1.82) is 0 Å². The number of hydrogen-bond donors (Lipinski definition) is 0. The zero-order chi connectivity index (χ0) is 22.1. The van der Waals surface area contributed by atoms with Gasteiger partial charge in [-0.1, -0.05) is 48.0 Å². The van der Waals surface area contributed by atoms with Gasteiger partial charge in [0, 0.05) is 37.6 Å². The highest BCUT2D eigenvalue weighted by Gasteiger charge is 2.25. The minimum atomic E-state index is 0.0584. The molecule has 0 aliphatic carbocycles. The maximum atomic E-state index is 13.5. The number of amides is 1. The number of aryl methyl sites for hydroxylation is 2. The molecule has 0 radical (unpaired) electrons. The van der Waals surface area contributed by atoms with Gasteiger partial charge in [0.05, 0.1) is 23.7 Å². The molecule has 0 spiro atoms. The van der Waals surface area contributed by atoms with Crippen LogP contribution in [0.25, 0.3) is 11.0 Å². The minimum Gasteiger partial charge on any atom is -0.368 e. The molecule has 0 N–H and O–H groups in total. The van der Waals surface area contributed by atoms with E-state index in [9.17, 15) is 4.79 Å². The largest absolute Gasteiger partial charge is 0.368 e. The van der Waals surface area contributed by atoms with Crippen molar-refractivity contribution in [1.82, 2.24) is 19.7 Å². The number of anilines is 1. The number of fused-ring (bicyclic) bond motifs is 1. The molecule has 0 saturated carbocycles. The summed E-state index contributed by atoms with van der Waals surface area (Å²) in [6, 6.07) is 20.7. The van der Waals surface area contributed by atoms with Crippen LogP contribution in [0.1, 0.15) is 27.2 Å². The fraction of sp³-hybridized carbons (Fsp3) is 0.269. The van der Waals surface area contributed by atoms with E-state index in [0.717, 1.165) is 35.4 Å². The van der Waals surface area contributed by atoms with Gasteiger partial charge in [-0.15, -0.1) is 0 Å². The molecule has 0 bridgehead atoms. The lowest BCUT2D eigenvalue weighted by Gasteiger charge is -2.36. The molecule has 5 rings (SSSR count). The normalized spacial score (nSPS) is 14.2. The van der Waals surface area contributed by atoms with Gasteiger partial charge in [-0.05, 0) is 37.6 Å². The molecular weight excluding hydrogens is 398 g/mol. The molecule has 1 aliphatic heterocycles. The number of carbonyl (C=O) groups is 1. The summed E-state index contributed by atoms with van der Waals surface area (Å²) in [5, 5.41) is 5.39. The molecule has 6 nitrogen and oxygen atoms in total. The maximum Gasteiger partial charge on any atom is 0.254 e. The molecule has 0 atom stereocenters. The van der Waals surface area contributed by atoms with E-state index < -0.39 is 0 Å². The average Bonchev–Trinajstić information content (AvgIpc) is 3.22. The van der Waals surface area contributed by atoms with Gasteiger partial charge < -0.3 is 9.80 Å². The van der Waals surface area contributed by atoms with Crippen LogP contribution < -0.4 is 4.90 Å². The van der Waals surface area contributed by atoms with Crippen LogP contribution in [-0.2, 0) is 6.54 Å². The predicted molar refractivity (Wildman–Crippen MR) is 127 cm³/mol. The Bertz CT molecular complexity index is 1240. The van der Waals surface area contributed by atoms with Gasteiger partial charge in [-0.2, -0.15) is 5.10 Å². The standard InChI is InChI=1S/C26H27N5O/c1-19-8-10-21(11-9-19)18-31-25-24(17-27-31)23(16-20(2)28-25)26(32)30-14-12-29(13-15-30)22-6-4-3-5-7-22/h3-11,16-17H,12-15,18H2,1-2H3. The lowest BCUT2D eigenvalue weighted by Crippen LogP contribution is -2.48. The molecule has 6 heteroatoms. The van der Waals surface area contributed by atoms with Crippen LogP contribution in [-0.4, -0.2) is 51.8 Å². The van der Waals surface area contributed by atoms with E-state index in [1.807, 2.05) is 28.6 Å². The molecule has 1 amide bonds. The summed E-state index contributed by atoms with van der Waals surface area (Å²) in [6.07, 6.45) is 1.78. The molecule has 2 aromatic heterocycles. The highest BCUT2D eigenvalue weighted by atomic mass is 16.2. The Balaban J connectivity index is 1.37. The molecule has 3 heterocycles. The van der Waals surface area contributed by atoms with Gasteiger partial charge in [-0.25, -0.2) is 9.67 Å². The number of carbonyl (C=O) groups excluding carboxylic acids is 1. The summed E-state index contributed by atoms with van der Waals surface area (Å²) in [6.45, 7) is 7.71. The van der Waals surface area contributed by atoms with Crippen molar-refractivity contribution in [2.45, 2.75) is 20.4 Å². The second-order valence-electron chi connectivity index (χ2n) is 8.45. The van der Waals surface area contributed by atoms with E-state index in [-0.39, 0.29) is 5.91 Å². The first-order valence-corrected chi connectivity index (χ1v) is 11.1. The first kappa shape index (κ1) is 20.2. The van der Waals surface area contributed by atoms with Crippen LogP contribution >= 0.6 is 0 Å². The topological polar surface area (TPSA) is 54.3 Å². The maximum absolute atomic E-state index is 13.5. The number of rotatable bonds is 4. The fourth-order valence-corrected chi connectivity index (χ4v) is 4.31. The van der Waals surface area contributed by atoms with Crippen LogP contribution in [0.5, 0.6) is 0 Å². The average molecular weight is 426 g/mol. The van der Waals surface area contributed by atoms with Gasteiger partial charge in [0.25, 0.3) is 5.91 Å². The Morgan fingerprint density at radius 1 is 0.938 bits per heavy atom. The quantitative estimate of drug-likeness (QED) is 0.495. The van der Waals surface area contributed by atoms with E-state index in [2.05, 4.69) is 65.5 Å². The lowest BCUT2D eigenvalue weighted by atomic mass is 10.1. The molecule has 1 aliphatic rings. The second kappa shape index (κ2) is 8.46. The second-order valence-corrected chi connectivity index (χ2v) is 8.45. The van der Waals surface area contributed by atoms with Crippen LogP contribution in [0.3, 0.4) is 0 Å². The number of hydrogen-bond acceptors (Lipinski definition) is 4. The molecule has 1 saturated heterocycles. The third-order valence-electron chi connectivity index (χ3n) is 6.11. The van der Waals surface area contributed by atoms with Gasteiger partial charge in [-0.3, -0.25) is 4.79 Å². The van der Waals surface area contributed by atoms with E-state index in [1.54, 1.807) is 6.20 Å². The minimum absolute atomic E-state index is 0.0584. The van der Waals surface area contributed by atoms with Crippen molar-refractivity contribution >= 4 is 22.6 Å². The first-order valence-electron chi connectivity index (χ1n) is 11.1. The van der Waals surface area contributed by atoms with Gasteiger partial charge in [0.2, 0.25) is 0 Å². The van der Waals surface area contributed by atoms with E-state index in [0.29, 0.717) is 25.2 Å². The summed E-state index contributed by atoms with van der Waals surface area (Å²) < 4.78 is 1.89. The first-order chi connectivity index (χ1) is 15.6. The highest BCUT2D eigenvalue weighted by Crippen LogP contribution is 2.23. The van der Waals surface area contributed by atoms with Crippen molar-refractivity contribution in [2.75, 3.05) is 31.1 Å². The Labute approximate surface area is 188 Å². The third-order valence-corrected chi connectivity index (χ3v) is 6.11. The predicted octanol–water partition coefficient (Wildman–Crippen LogP) is 4.06. The van der Waals surface area contributed by atoms with Crippen molar-refractivity contribution in [3.63, 3.8) is 0 Å². The van der Waals surface area contributed by atoms with Crippen LogP contribution in [0.2, 0.25) is 0 Å². The van der Waals surface area contributed by atoms with Crippen molar-refractivity contribution in [3.05, 3.63) is 89.2 Å². The fourth-order valence-electron chi connectivity index (χ4n) is 4.31. The number of aromatic nitrogens is 3. The summed E-state index contributed by atoms with van der Waals surface area (Å²) in [5.41, 5.74) is 5.88. The summed E-state index contributed by atoms with van der Waals surface area (Å²) in [5.74, 6) is 0.0584. The van der Waals surface area contributed by atoms with Crippen LogP contribution in [0.15, 0.2) is 66.9 Å². The van der Waals surface area contributed by atoms with Crippen molar-refractivity contribution < 1.29 is 4.79 Å². The molecule has 1 fully saturated rings. The number of para-hydroxylation sites is 1. The zero-order valence-electron chi connectivity index (χ0n) is 18.5. The highest BCUT2D eigenvalue weighted by molar-refractivity contribution is 6.05. The molecule has 162 valence electrons. The van der Waals surface area contributed by atoms with Gasteiger partial charge >= 0.3 is 0 Å². The van der Waals surface area contributed by atoms with Crippen molar-refractivity contribution in [2.24, 2.45) is 0 Å². The number of nitrogens with zero attached hydrogens (tertiary/aromatic N) is 5. The molecule has 32 heavy (non-hydrogen) atoms. The smallest absolute Gasteiger partial charge is 0.254 e. The Kier molecular flexibility index (Phi) is 5.35. The molecule has 4 aromatic rings. The molecular formula is C26H27N5O. The molecule has 0 unspecified atom stereocenters. The summed E-state index contributed by atoms with van der Waals surface area (Å²) in [7, 11) is 0. The van der Waals surface area contributed by atoms with Crippen LogP contribution in [0, 0.1) is 13.8 Å². The van der Waals surface area contributed by atoms with Gasteiger partial charge in [0.15, 0.2) is 5.65 Å². The molecule has 2 aromatic carbocycles.